The lowest BCUT2D eigenvalue weighted by Gasteiger charge is -2.15. The van der Waals surface area contributed by atoms with E-state index in [1.165, 1.54) is 0 Å². The molecule has 1 aromatic heterocycles. The van der Waals surface area contributed by atoms with E-state index in [2.05, 4.69) is 29.8 Å². The summed E-state index contributed by atoms with van der Waals surface area (Å²) < 4.78 is 12.3. The van der Waals surface area contributed by atoms with Crippen LogP contribution in [0.3, 0.4) is 0 Å². The lowest BCUT2D eigenvalue weighted by molar-refractivity contribution is 0.315. The number of halogens is 1. The maximum atomic E-state index is 6.43. The number of nitrogens with two attached hydrogens (primary N) is 1. The quantitative estimate of drug-likeness (QED) is 0.841. The summed E-state index contributed by atoms with van der Waals surface area (Å²) in [5.74, 6) is 2.67. The van der Waals surface area contributed by atoms with Crippen LogP contribution in [0.25, 0.3) is 0 Å². The Labute approximate surface area is 134 Å². The fourth-order valence-electron chi connectivity index (χ4n) is 2.47. The lowest BCUT2D eigenvalue weighted by Crippen LogP contribution is -2.13. The van der Waals surface area contributed by atoms with E-state index in [1.807, 2.05) is 32.0 Å². The molecule has 0 radical (unpaired) electrons. The summed E-state index contributed by atoms with van der Waals surface area (Å²) >= 11 is 3.56. The summed E-state index contributed by atoms with van der Waals surface area (Å²) in [4.78, 5) is 0. The second kappa shape index (κ2) is 6.67. The van der Waals surface area contributed by atoms with Crippen LogP contribution in [0.1, 0.15) is 47.6 Å². The Morgan fingerprint density at radius 2 is 1.95 bits per heavy atom. The number of ether oxygens (including phenoxy) is 1. The maximum absolute atomic E-state index is 6.43. The van der Waals surface area contributed by atoms with Crippen LogP contribution in [0.2, 0.25) is 0 Å². The molecule has 0 aliphatic carbocycles. The molecule has 0 fully saturated rings. The molecule has 0 saturated heterocycles. The van der Waals surface area contributed by atoms with Gasteiger partial charge in [-0.2, -0.15) is 0 Å². The Kier molecular flexibility index (Phi) is 5.12. The molecular weight excluding hydrogens is 330 g/mol. The summed E-state index contributed by atoms with van der Waals surface area (Å²) in [6.07, 6.45) is 0.986. The predicted molar refractivity (Wildman–Crippen MR) is 88.9 cm³/mol. The molecule has 0 aliphatic heterocycles. The first-order valence-corrected chi connectivity index (χ1v) is 7.99. The smallest absolute Gasteiger partial charge is 0.133 e. The molecule has 1 atom stereocenters. The summed E-state index contributed by atoms with van der Waals surface area (Å²) in [5, 5.41) is 0. The van der Waals surface area contributed by atoms with Gasteiger partial charge >= 0.3 is 0 Å². The van der Waals surface area contributed by atoms with E-state index in [0.29, 0.717) is 6.61 Å². The highest BCUT2D eigenvalue weighted by atomic mass is 79.9. The van der Waals surface area contributed by atoms with Gasteiger partial charge in [0.2, 0.25) is 0 Å². The van der Waals surface area contributed by atoms with E-state index in [-0.39, 0.29) is 6.04 Å². The maximum Gasteiger partial charge on any atom is 0.133 e. The number of benzene rings is 1. The van der Waals surface area contributed by atoms with Crippen molar-refractivity contribution in [2.24, 2.45) is 5.73 Å². The third-order valence-corrected chi connectivity index (χ3v) is 4.33. The van der Waals surface area contributed by atoms with Gasteiger partial charge < -0.3 is 14.9 Å². The topological polar surface area (TPSA) is 48.4 Å². The molecule has 1 heterocycles. The zero-order chi connectivity index (χ0) is 15.6. The summed E-state index contributed by atoms with van der Waals surface area (Å²) in [6.45, 7) is 8.78. The van der Waals surface area contributed by atoms with Crippen molar-refractivity contribution in [3.05, 3.63) is 50.9 Å². The molecule has 0 saturated carbocycles. The van der Waals surface area contributed by atoms with Crippen LogP contribution in [0.4, 0.5) is 0 Å². The van der Waals surface area contributed by atoms with Crippen LogP contribution in [0, 0.1) is 20.8 Å². The van der Waals surface area contributed by atoms with Gasteiger partial charge in [0.15, 0.2) is 0 Å². The second-order valence-corrected chi connectivity index (χ2v) is 6.12. The second-order valence-electron chi connectivity index (χ2n) is 5.27. The SMILES string of the molecule is CCCOc1ccc(C(N)c2c(C)oc(C)c2C)cc1Br. The van der Waals surface area contributed by atoms with Gasteiger partial charge in [0.1, 0.15) is 17.3 Å². The van der Waals surface area contributed by atoms with Crippen molar-refractivity contribution in [2.45, 2.75) is 40.2 Å². The van der Waals surface area contributed by atoms with Crippen LogP contribution in [0.15, 0.2) is 27.1 Å². The number of hydrogen-bond acceptors (Lipinski definition) is 3. The first-order valence-electron chi connectivity index (χ1n) is 7.20. The molecule has 2 rings (SSSR count). The van der Waals surface area contributed by atoms with Crippen molar-refractivity contribution in [3.8, 4) is 5.75 Å². The summed E-state index contributed by atoms with van der Waals surface area (Å²) in [6, 6.07) is 5.81. The minimum absolute atomic E-state index is 0.195. The van der Waals surface area contributed by atoms with Gasteiger partial charge in [-0.1, -0.05) is 13.0 Å². The van der Waals surface area contributed by atoms with Gasteiger partial charge in [-0.3, -0.25) is 0 Å². The standard InChI is InChI=1S/C17H22BrNO2/c1-5-8-20-15-7-6-13(9-14(15)18)17(19)16-10(2)11(3)21-12(16)4/h6-7,9,17H,5,8,19H2,1-4H3. The van der Waals surface area contributed by atoms with Gasteiger partial charge in [-0.15, -0.1) is 0 Å². The zero-order valence-corrected chi connectivity index (χ0v) is 14.6. The number of aryl methyl sites for hydroxylation is 2. The Bertz CT molecular complexity index is 634. The van der Waals surface area contributed by atoms with Gasteiger partial charge in [0, 0.05) is 5.56 Å². The zero-order valence-electron chi connectivity index (χ0n) is 13.0. The van der Waals surface area contributed by atoms with E-state index in [9.17, 15) is 0 Å². The van der Waals surface area contributed by atoms with Crippen LogP contribution < -0.4 is 10.5 Å². The summed E-state index contributed by atoms with van der Waals surface area (Å²) in [5.41, 5.74) is 9.67. The Morgan fingerprint density at radius 3 is 2.48 bits per heavy atom. The van der Waals surface area contributed by atoms with Gasteiger partial charge in [-0.05, 0) is 66.4 Å². The molecule has 0 aliphatic rings. The highest BCUT2D eigenvalue weighted by molar-refractivity contribution is 9.10. The average Bonchev–Trinajstić information content (AvgIpc) is 2.70. The Hall–Kier alpha value is -1.26. The van der Waals surface area contributed by atoms with Crippen LogP contribution in [-0.4, -0.2) is 6.61 Å². The van der Waals surface area contributed by atoms with E-state index >= 15 is 0 Å². The molecular formula is C17H22BrNO2. The molecule has 0 spiro atoms. The van der Waals surface area contributed by atoms with Crippen molar-refractivity contribution in [3.63, 3.8) is 0 Å². The van der Waals surface area contributed by atoms with E-state index < -0.39 is 0 Å². The normalized spacial score (nSPS) is 12.5. The van der Waals surface area contributed by atoms with E-state index in [1.54, 1.807) is 0 Å². The summed E-state index contributed by atoms with van der Waals surface area (Å²) in [7, 11) is 0. The third-order valence-electron chi connectivity index (χ3n) is 3.71. The molecule has 3 nitrogen and oxygen atoms in total. The first-order chi connectivity index (χ1) is 9.95. The lowest BCUT2D eigenvalue weighted by atomic mass is 9.96. The van der Waals surface area contributed by atoms with Crippen molar-refractivity contribution in [2.75, 3.05) is 6.61 Å². The Morgan fingerprint density at radius 1 is 1.24 bits per heavy atom. The van der Waals surface area contributed by atoms with Crippen LogP contribution in [-0.2, 0) is 0 Å². The third kappa shape index (κ3) is 3.33. The predicted octanol–water partition coefficient (Wildman–Crippen LogP) is 4.80. The molecule has 4 heteroatoms. The number of rotatable bonds is 5. The fourth-order valence-corrected chi connectivity index (χ4v) is 2.98. The largest absolute Gasteiger partial charge is 0.492 e. The van der Waals surface area contributed by atoms with Gasteiger partial charge in [-0.25, -0.2) is 0 Å². The van der Waals surface area contributed by atoms with E-state index in [0.717, 1.165) is 44.9 Å². The van der Waals surface area contributed by atoms with Crippen LogP contribution in [0.5, 0.6) is 5.75 Å². The highest BCUT2D eigenvalue weighted by Crippen LogP contribution is 2.33. The average molecular weight is 352 g/mol. The number of furan rings is 1. The van der Waals surface area contributed by atoms with E-state index in [4.69, 9.17) is 14.9 Å². The highest BCUT2D eigenvalue weighted by Gasteiger charge is 2.20. The minimum Gasteiger partial charge on any atom is -0.492 e. The molecule has 21 heavy (non-hydrogen) atoms. The monoisotopic (exact) mass is 351 g/mol. The van der Waals surface area contributed by atoms with Crippen LogP contribution >= 0.6 is 15.9 Å². The molecule has 1 aromatic carbocycles. The van der Waals surface area contributed by atoms with Gasteiger partial charge in [0.25, 0.3) is 0 Å². The Balaban J connectivity index is 2.31. The fraction of sp³-hybridized carbons (Fsp3) is 0.412. The number of hydrogen-bond donors (Lipinski definition) is 1. The molecule has 2 N–H and O–H groups in total. The van der Waals surface area contributed by atoms with Crippen molar-refractivity contribution >= 4 is 15.9 Å². The molecule has 0 bridgehead atoms. The molecule has 2 aromatic rings. The molecule has 0 amide bonds. The molecule has 114 valence electrons. The minimum atomic E-state index is -0.195. The van der Waals surface area contributed by atoms with Crippen molar-refractivity contribution in [1.29, 1.82) is 0 Å². The van der Waals surface area contributed by atoms with Crippen molar-refractivity contribution < 1.29 is 9.15 Å². The van der Waals surface area contributed by atoms with Gasteiger partial charge in [0.05, 0.1) is 17.1 Å². The molecule has 1 unspecified atom stereocenters. The van der Waals surface area contributed by atoms with Crippen molar-refractivity contribution in [1.82, 2.24) is 0 Å². The first kappa shape index (κ1) is 16.1.